The second kappa shape index (κ2) is 5.38. The molecule has 1 aliphatic carbocycles. The highest BCUT2D eigenvalue weighted by molar-refractivity contribution is 8.00. The van der Waals surface area contributed by atoms with Crippen LogP contribution in [0.4, 0.5) is 0 Å². The third-order valence-electron chi connectivity index (χ3n) is 5.32. The minimum atomic E-state index is 0.395. The first-order chi connectivity index (χ1) is 9.55. The molecule has 0 bridgehead atoms. The molecule has 2 aliphatic rings. The highest BCUT2D eigenvalue weighted by Gasteiger charge is 2.56. The van der Waals surface area contributed by atoms with Gasteiger partial charge in [-0.3, -0.25) is 4.90 Å². The summed E-state index contributed by atoms with van der Waals surface area (Å²) in [5.74, 6) is 0. The number of likely N-dealkylation sites (tertiary alicyclic amines) is 1. The van der Waals surface area contributed by atoms with Gasteiger partial charge in [0.1, 0.15) is 0 Å². The molecule has 1 aromatic rings. The molecule has 110 valence electrons. The summed E-state index contributed by atoms with van der Waals surface area (Å²) in [5.41, 5.74) is 0.828. The molecule has 1 unspecified atom stereocenters. The maximum atomic E-state index is 2.69. The maximum Gasteiger partial charge on any atom is 0.0342 e. The Morgan fingerprint density at radius 2 is 1.70 bits per heavy atom. The lowest BCUT2D eigenvalue weighted by molar-refractivity contribution is 0.124. The van der Waals surface area contributed by atoms with E-state index in [1.165, 1.54) is 43.5 Å². The highest BCUT2D eigenvalue weighted by Crippen LogP contribution is 2.54. The van der Waals surface area contributed by atoms with E-state index in [9.17, 15) is 0 Å². The predicted octanol–water partition coefficient (Wildman–Crippen LogP) is 4.82. The molecule has 0 radical (unpaired) electrons. The molecule has 3 rings (SSSR count). The molecule has 0 aromatic heterocycles. The molecule has 20 heavy (non-hydrogen) atoms. The summed E-state index contributed by atoms with van der Waals surface area (Å²) in [4.78, 5) is 4.12. The summed E-state index contributed by atoms with van der Waals surface area (Å²) in [7, 11) is 2.36. The zero-order chi connectivity index (χ0) is 14.2. The van der Waals surface area contributed by atoms with Crippen molar-refractivity contribution in [3.63, 3.8) is 0 Å². The second-order valence-electron chi connectivity index (χ2n) is 7.32. The van der Waals surface area contributed by atoms with Crippen molar-refractivity contribution in [3.05, 3.63) is 30.3 Å². The Kier molecular flexibility index (Phi) is 3.89. The predicted molar refractivity (Wildman–Crippen MR) is 88.3 cm³/mol. The Balaban J connectivity index is 1.91. The number of hydrogen-bond donors (Lipinski definition) is 0. The Morgan fingerprint density at radius 1 is 1.05 bits per heavy atom. The molecule has 1 nitrogen and oxygen atoms in total. The van der Waals surface area contributed by atoms with Crippen molar-refractivity contribution in [2.24, 2.45) is 5.41 Å². The molecular formula is C18H27NS. The molecule has 1 aromatic carbocycles. The van der Waals surface area contributed by atoms with Gasteiger partial charge < -0.3 is 0 Å². The van der Waals surface area contributed by atoms with Crippen LogP contribution in [0.5, 0.6) is 0 Å². The van der Waals surface area contributed by atoms with E-state index in [2.05, 4.69) is 67.9 Å². The Labute approximate surface area is 128 Å². The fourth-order valence-corrected chi connectivity index (χ4v) is 6.11. The number of benzene rings is 1. The van der Waals surface area contributed by atoms with Gasteiger partial charge in [0, 0.05) is 22.2 Å². The van der Waals surface area contributed by atoms with Gasteiger partial charge >= 0.3 is 0 Å². The van der Waals surface area contributed by atoms with E-state index in [0.717, 1.165) is 0 Å². The third kappa shape index (κ3) is 2.42. The van der Waals surface area contributed by atoms with Crippen LogP contribution < -0.4 is 0 Å². The van der Waals surface area contributed by atoms with Gasteiger partial charge in [0.05, 0.1) is 0 Å². The largest absolute Gasteiger partial charge is 0.299 e. The van der Waals surface area contributed by atoms with Crippen molar-refractivity contribution in [2.75, 3.05) is 13.6 Å². The summed E-state index contributed by atoms with van der Waals surface area (Å²) in [6.07, 6.45) is 7.02. The Hall–Kier alpha value is -0.470. The number of rotatable bonds is 2. The quantitative estimate of drug-likeness (QED) is 0.768. The molecule has 1 saturated heterocycles. The molecule has 0 N–H and O–H groups in total. The first-order valence-corrected chi connectivity index (χ1v) is 8.86. The van der Waals surface area contributed by atoms with Crippen LogP contribution in [0.3, 0.4) is 0 Å². The van der Waals surface area contributed by atoms with Gasteiger partial charge in [0.15, 0.2) is 0 Å². The molecule has 2 heteroatoms. The van der Waals surface area contributed by atoms with Crippen LogP contribution in [0, 0.1) is 5.41 Å². The van der Waals surface area contributed by atoms with Crippen molar-refractivity contribution in [2.45, 2.75) is 61.6 Å². The third-order valence-corrected chi connectivity index (χ3v) is 7.18. The lowest BCUT2D eigenvalue weighted by Gasteiger charge is -2.45. The van der Waals surface area contributed by atoms with E-state index < -0.39 is 0 Å². The summed E-state index contributed by atoms with van der Waals surface area (Å²) in [6, 6.07) is 11.0. The minimum Gasteiger partial charge on any atom is -0.299 e. The topological polar surface area (TPSA) is 3.24 Å². The molecule has 2 fully saturated rings. The second-order valence-corrected chi connectivity index (χ2v) is 8.50. The number of thioether (sulfide) groups is 1. The van der Waals surface area contributed by atoms with Gasteiger partial charge in [-0.1, -0.05) is 51.3 Å². The molecule has 1 spiro atoms. The van der Waals surface area contributed by atoms with Crippen molar-refractivity contribution < 1.29 is 0 Å². The summed E-state index contributed by atoms with van der Waals surface area (Å²) >= 11 is 2.13. The van der Waals surface area contributed by atoms with Gasteiger partial charge in [0.25, 0.3) is 0 Å². The van der Waals surface area contributed by atoms with Crippen LogP contribution in [-0.2, 0) is 0 Å². The van der Waals surface area contributed by atoms with Crippen molar-refractivity contribution in [1.82, 2.24) is 4.90 Å². The van der Waals surface area contributed by atoms with Crippen LogP contribution in [0.1, 0.15) is 46.0 Å². The van der Waals surface area contributed by atoms with Crippen LogP contribution in [0.15, 0.2) is 35.2 Å². The standard InChI is InChI=1S/C18H27NS/c1-17(2)14-19(3)18(12-8-5-9-13-18)16(17)20-15-10-6-4-7-11-15/h4,6-7,10-11,16H,5,8-9,12-14H2,1-3H3. The van der Waals surface area contributed by atoms with Crippen LogP contribution in [0.2, 0.25) is 0 Å². The van der Waals surface area contributed by atoms with Crippen LogP contribution >= 0.6 is 11.8 Å². The monoisotopic (exact) mass is 289 g/mol. The Morgan fingerprint density at radius 3 is 2.35 bits per heavy atom. The molecule has 0 amide bonds. The Bertz CT molecular complexity index is 448. The SMILES string of the molecule is CN1CC(C)(C)C(Sc2ccccc2)C12CCCCC2. The molecule has 1 heterocycles. The molecular weight excluding hydrogens is 262 g/mol. The number of nitrogens with zero attached hydrogens (tertiary/aromatic N) is 1. The lowest BCUT2D eigenvalue weighted by atomic mass is 9.74. The van der Waals surface area contributed by atoms with Crippen LogP contribution in [0.25, 0.3) is 0 Å². The average Bonchev–Trinajstić information content (AvgIpc) is 2.62. The molecule has 1 atom stereocenters. The van der Waals surface area contributed by atoms with Gasteiger partial charge in [0.2, 0.25) is 0 Å². The summed E-state index contributed by atoms with van der Waals surface area (Å²) in [5, 5.41) is 0.711. The van der Waals surface area contributed by atoms with E-state index in [4.69, 9.17) is 0 Å². The van der Waals surface area contributed by atoms with E-state index in [1.807, 2.05) is 0 Å². The van der Waals surface area contributed by atoms with E-state index in [0.29, 0.717) is 16.2 Å². The highest BCUT2D eigenvalue weighted by atomic mass is 32.2. The average molecular weight is 289 g/mol. The number of hydrogen-bond acceptors (Lipinski definition) is 2. The molecule has 1 saturated carbocycles. The van der Waals surface area contributed by atoms with E-state index >= 15 is 0 Å². The zero-order valence-electron chi connectivity index (χ0n) is 13.1. The maximum absolute atomic E-state index is 2.69. The normalized spacial score (nSPS) is 28.9. The van der Waals surface area contributed by atoms with Gasteiger partial charge in [-0.05, 0) is 37.4 Å². The fourth-order valence-electron chi connectivity index (χ4n) is 4.49. The molecule has 1 aliphatic heterocycles. The zero-order valence-corrected chi connectivity index (χ0v) is 13.9. The summed E-state index contributed by atoms with van der Waals surface area (Å²) < 4.78 is 0. The van der Waals surface area contributed by atoms with Gasteiger partial charge in [-0.2, -0.15) is 0 Å². The van der Waals surface area contributed by atoms with Crippen molar-refractivity contribution in [1.29, 1.82) is 0 Å². The summed E-state index contributed by atoms with van der Waals surface area (Å²) in [6.45, 7) is 6.17. The fraction of sp³-hybridized carbons (Fsp3) is 0.667. The minimum absolute atomic E-state index is 0.395. The van der Waals surface area contributed by atoms with Crippen LogP contribution in [-0.4, -0.2) is 29.3 Å². The van der Waals surface area contributed by atoms with Gasteiger partial charge in [-0.25, -0.2) is 0 Å². The van der Waals surface area contributed by atoms with Crippen molar-refractivity contribution >= 4 is 11.8 Å². The van der Waals surface area contributed by atoms with Gasteiger partial charge in [-0.15, -0.1) is 11.8 Å². The van der Waals surface area contributed by atoms with E-state index in [1.54, 1.807) is 0 Å². The lowest BCUT2D eigenvalue weighted by Crippen LogP contribution is -2.49. The van der Waals surface area contributed by atoms with Crippen molar-refractivity contribution in [3.8, 4) is 0 Å². The first kappa shape index (κ1) is 14.5. The van der Waals surface area contributed by atoms with E-state index in [-0.39, 0.29) is 0 Å². The first-order valence-electron chi connectivity index (χ1n) is 7.98. The smallest absolute Gasteiger partial charge is 0.0342 e.